The number of nitrogens with one attached hydrogen (secondary N) is 1. The van der Waals surface area contributed by atoms with Crippen LogP contribution in [0.25, 0.3) is 0 Å². The molecule has 5 heteroatoms. The van der Waals surface area contributed by atoms with Crippen molar-refractivity contribution in [3.05, 3.63) is 15.9 Å². The standard InChI is InChI=1S/C14H25BrN4/c1-6-19-12(13(15)11(3)17-19)8-18-9-14(4,5)16-7-10(18)2/h10,16H,6-9H2,1-5H3. The number of rotatable bonds is 3. The van der Waals surface area contributed by atoms with Crippen LogP contribution in [-0.4, -0.2) is 39.4 Å². The Labute approximate surface area is 124 Å². The molecule has 1 aromatic rings. The quantitative estimate of drug-likeness (QED) is 0.925. The fraction of sp³-hybridized carbons (Fsp3) is 0.786. The summed E-state index contributed by atoms with van der Waals surface area (Å²) in [4.78, 5) is 2.55. The van der Waals surface area contributed by atoms with E-state index in [4.69, 9.17) is 0 Å². The van der Waals surface area contributed by atoms with Crippen molar-refractivity contribution >= 4 is 15.9 Å². The number of halogens is 1. The van der Waals surface area contributed by atoms with Crippen molar-refractivity contribution in [3.63, 3.8) is 0 Å². The van der Waals surface area contributed by atoms with E-state index in [-0.39, 0.29) is 5.54 Å². The summed E-state index contributed by atoms with van der Waals surface area (Å²) in [5.41, 5.74) is 2.56. The molecule has 1 aliphatic heterocycles. The van der Waals surface area contributed by atoms with E-state index in [9.17, 15) is 0 Å². The van der Waals surface area contributed by atoms with Gasteiger partial charge in [0, 0.05) is 37.8 Å². The van der Waals surface area contributed by atoms with Gasteiger partial charge < -0.3 is 5.32 Å². The monoisotopic (exact) mass is 328 g/mol. The van der Waals surface area contributed by atoms with E-state index in [1.807, 2.05) is 0 Å². The first kappa shape index (κ1) is 15.0. The third-order valence-electron chi connectivity index (χ3n) is 3.90. The molecule has 4 nitrogen and oxygen atoms in total. The van der Waals surface area contributed by atoms with Crippen LogP contribution in [0.15, 0.2) is 4.47 Å². The number of aromatic nitrogens is 2. The van der Waals surface area contributed by atoms with Gasteiger partial charge in [-0.25, -0.2) is 0 Å². The maximum Gasteiger partial charge on any atom is 0.0739 e. The zero-order chi connectivity index (χ0) is 14.2. The lowest BCUT2D eigenvalue weighted by Crippen LogP contribution is -2.60. The normalized spacial score (nSPS) is 23.8. The molecule has 19 heavy (non-hydrogen) atoms. The highest BCUT2D eigenvalue weighted by atomic mass is 79.9. The second-order valence-corrected chi connectivity index (χ2v) is 6.97. The number of hydrogen-bond donors (Lipinski definition) is 1. The molecular weight excluding hydrogens is 304 g/mol. The predicted octanol–water partition coefficient (Wildman–Crippen LogP) is 2.55. The van der Waals surface area contributed by atoms with Gasteiger partial charge >= 0.3 is 0 Å². The second-order valence-electron chi connectivity index (χ2n) is 6.18. The Kier molecular flexibility index (Phi) is 4.38. The van der Waals surface area contributed by atoms with Crippen molar-refractivity contribution in [3.8, 4) is 0 Å². The molecule has 1 unspecified atom stereocenters. The third-order valence-corrected chi connectivity index (χ3v) is 4.93. The fourth-order valence-corrected chi connectivity index (χ4v) is 3.11. The molecule has 0 amide bonds. The zero-order valence-electron chi connectivity index (χ0n) is 12.6. The molecule has 2 rings (SSSR count). The van der Waals surface area contributed by atoms with Gasteiger partial charge in [-0.05, 0) is 50.5 Å². The first-order chi connectivity index (χ1) is 8.84. The minimum absolute atomic E-state index is 0.186. The molecule has 1 fully saturated rings. The minimum atomic E-state index is 0.186. The predicted molar refractivity (Wildman–Crippen MR) is 82.3 cm³/mol. The Morgan fingerprint density at radius 1 is 1.47 bits per heavy atom. The lowest BCUT2D eigenvalue weighted by Gasteiger charge is -2.43. The lowest BCUT2D eigenvalue weighted by atomic mass is 9.99. The van der Waals surface area contributed by atoms with E-state index < -0.39 is 0 Å². The van der Waals surface area contributed by atoms with Gasteiger partial charge in [-0.2, -0.15) is 5.10 Å². The molecule has 1 aromatic heterocycles. The molecule has 0 bridgehead atoms. The van der Waals surface area contributed by atoms with E-state index in [0.717, 1.165) is 36.3 Å². The first-order valence-electron chi connectivity index (χ1n) is 7.05. The van der Waals surface area contributed by atoms with Crippen molar-refractivity contribution in [2.75, 3.05) is 13.1 Å². The summed E-state index contributed by atoms with van der Waals surface area (Å²) < 4.78 is 3.28. The number of hydrogen-bond acceptors (Lipinski definition) is 3. The zero-order valence-corrected chi connectivity index (χ0v) is 14.2. The van der Waals surface area contributed by atoms with Crippen LogP contribution in [0.3, 0.4) is 0 Å². The molecule has 2 heterocycles. The van der Waals surface area contributed by atoms with Gasteiger partial charge in [-0.15, -0.1) is 0 Å². The van der Waals surface area contributed by atoms with E-state index in [2.05, 4.69) is 70.5 Å². The Morgan fingerprint density at radius 3 is 2.79 bits per heavy atom. The minimum Gasteiger partial charge on any atom is -0.309 e. The van der Waals surface area contributed by atoms with E-state index in [1.165, 1.54) is 5.69 Å². The van der Waals surface area contributed by atoms with Gasteiger partial charge in [0.1, 0.15) is 0 Å². The molecule has 0 spiro atoms. The third kappa shape index (κ3) is 3.20. The fourth-order valence-electron chi connectivity index (χ4n) is 2.70. The Hall–Kier alpha value is -0.390. The maximum atomic E-state index is 4.58. The molecule has 108 valence electrons. The van der Waals surface area contributed by atoms with Gasteiger partial charge in [0.05, 0.1) is 15.9 Å². The Bertz CT molecular complexity index is 453. The van der Waals surface area contributed by atoms with Gasteiger partial charge in [0.25, 0.3) is 0 Å². The van der Waals surface area contributed by atoms with Gasteiger partial charge in [0.2, 0.25) is 0 Å². The second kappa shape index (κ2) is 5.54. The number of nitrogens with zero attached hydrogens (tertiary/aromatic N) is 3. The molecule has 0 aliphatic carbocycles. The summed E-state index contributed by atoms with van der Waals surface area (Å²) in [6.07, 6.45) is 0. The molecule has 1 aliphatic rings. The van der Waals surface area contributed by atoms with Crippen molar-refractivity contribution in [1.29, 1.82) is 0 Å². The summed E-state index contributed by atoms with van der Waals surface area (Å²) in [5, 5.41) is 8.18. The Morgan fingerprint density at radius 2 is 2.16 bits per heavy atom. The van der Waals surface area contributed by atoms with Crippen LogP contribution >= 0.6 is 15.9 Å². The molecule has 1 saturated heterocycles. The molecule has 1 N–H and O–H groups in total. The average molecular weight is 329 g/mol. The topological polar surface area (TPSA) is 33.1 Å². The van der Waals surface area contributed by atoms with Crippen LogP contribution in [0.5, 0.6) is 0 Å². The molecule has 1 atom stereocenters. The van der Waals surface area contributed by atoms with Crippen LogP contribution in [0.2, 0.25) is 0 Å². The van der Waals surface area contributed by atoms with Crippen molar-refractivity contribution in [2.45, 2.75) is 59.3 Å². The number of piperazine rings is 1. The van der Waals surface area contributed by atoms with Crippen molar-refractivity contribution < 1.29 is 0 Å². The largest absolute Gasteiger partial charge is 0.309 e. The van der Waals surface area contributed by atoms with Crippen LogP contribution in [0.1, 0.15) is 39.1 Å². The Balaban J connectivity index is 2.20. The van der Waals surface area contributed by atoms with E-state index in [0.29, 0.717) is 6.04 Å². The molecule has 0 radical (unpaired) electrons. The molecule has 0 aromatic carbocycles. The van der Waals surface area contributed by atoms with Crippen molar-refractivity contribution in [2.24, 2.45) is 0 Å². The van der Waals surface area contributed by atoms with Gasteiger partial charge in [-0.1, -0.05) is 0 Å². The van der Waals surface area contributed by atoms with Crippen LogP contribution < -0.4 is 5.32 Å². The van der Waals surface area contributed by atoms with Crippen LogP contribution in [0.4, 0.5) is 0 Å². The summed E-state index contributed by atoms with van der Waals surface area (Å²) in [7, 11) is 0. The van der Waals surface area contributed by atoms with Gasteiger partial charge in [-0.3, -0.25) is 9.58 Å². The smallest absolute Gasteiger partial charge is 0.0739 e. The maximum absolute atomic E-state index is 4.58. The summed E-state index contributed by atoms with van der Waals surface area (Å²) in [5.74, 6) is 0. The number of aryl methyl sites for hydroxylation is 2. The molecular formula is C14H25BrN4. The summed E-state index contributed by atoms with van der Waals surface area (Å²) >= 11 is 3.69. The van der Waals surface area contributed by atoms with Crippen molar-refractivity contribution in [1.82, 2.24) is 20.0 Å². The van der Waals surface area contributed by atoms with Crippen LogP contribution in [-0.2, 0) is 13.1 Å². The summed E-state index contributed by atoms with van der Waals surface area (Å²) in [6.45, 7) is 15.0. The lowest BCUT2D eigenvalue weighted by molar-refractivity contribution is 0.0948. The highest BCUT2D eigenvalue weighted by Crippen LogP contribution is 2.25. The highest BCUT2D eigenvalue weighted by Gasteiger charge is 2.31. The SMILES string of the molecule is CCn1nc(C)c(Br)c1CN1CC(C)(C)NCC1C. The summed E-state index contributed by atoms with van der Waals surface area (Å²) in [6, 6.07) is 0.556. The highest BCUT2D eigenvalue weighted by molar-refractivity contribution is 9.10. The van der Waals surface area contributed by atoms with E-state index >= 15 is 0 Å². The first-order valence-corrected chi connectivity index (χ1v) is 7.84. The average Bonchev–Trinajstić information content (AvgIpc) is 2.61. The molecule has 0 saturated carbocycles. The van der Waals surface area contributed by atoms with E-state index in [1.54, 1.807) is 0 Å². The van der Waals surface area contributed by atoms with Gasteiger partial charge in [0.15, 0.2) is 0 Å². The van der Waals surface area contributed by atoms with Crippen LogP contribution in [0, 0.1) is 6.92 Å².